The smallest absolute Gasteiger partial charge is 0.269 e. The molecule has 11 heteroatoms. The molecule has 4 heterocycles. The lowest BCUT2D eigenvalue weighted by molar-refractivity contribution is 0.0120. The van der Waals surface area contributed by atoms with Crippen molar-refractivity contribution in [1.82, 2.24) is 24.8 Å². The maximum atomic E-state index is 13.7. The number of halogens is 2. The number of hydrogen-bond acceptors (Lipinski definition) is 7. The van der Waals surface area contributed by atoms with Crippen LogP contribution in [0.15, 0.2) is 49.4 Å². The fraction of sp³-hybridized carbons (Fsp3) is 0.200. The molecule has 31 heavy (non-hydrogen) atoms. The summed E-state index contributed by atoms with van der Waals surface area (Å²) in [4.78, 5) is 42.1. The van der Waals surface area contributed by atoms with Crippen molar-refractivity contribution in [1.29, 1.82) is 0 Å². The van der Waals surface area contributed by atoms with Gasteiger partial charge in [-0.2, -0.15) is 0 Å². The summed E-state index contributed by atoms with van der Waals surface area (Å²) in [5.41, 5.74) is 7.00. The van der Waals surface area contributed by atoms with Crippen LogP contribution in [0.25, 0.3) is 11.1 Å². The van der Waals surface area contributed by atoms with Crippen LogP contribution in [0, 0.1) is 0 Å². The quantitative estimate of drug-likeness (QED) is 0.642. The lowest BCUT2D eigenvalue weighted by Gasteiger charge is -2.20. The molecule has 0 aromatic carbocycles. The Hall–Kier alpha value is -4.02. The van der Waals surface area contributed by atoms with E-state index in [0.717, 1.165) is 4.90 Å². The van der Waals surface area contributed by atoms with Crippen LogP contribution in [-0.4, -0.2) is 55.7 Å². The average Bonchev–Trinajstić information content (AvgIpc) is 3.13. The molecule has 0 unspecified atom stereocenters. The van der Waals surface area contributed by atoms with Crippen molar-refractivity contribution in [3.63, 3.8) is 0 Å². The third-order valence-electron chi connectivity index (χ3n) is 4.81. The molecule has 3 N–H and O–H groups in total. The van der Waals surface area contributed by atoms with Gasteiger partial charge in [-0.1, -0.05) is 0 Å². The average molecular weight is 425 g/mol. The van der Waals surface area contributed by atoms with Crippen molar-refractivity contribution < 1.29 is 18.4 Å². The summed E-state index contributed by atoms with van der Waals surface area (Å²) in [7, 11) is 0. The molecule has 1 saturated heterocycles. The number of anilines is 2. The number of pyridine rings is 2. The summed E-state index contributed by atoms with van der Waals surface area (Å²) in [5, 5.41) is 3.01. The minimum absolute atomic E-state index is 0.0526. The van der Waals surface area contributed by atoms with Gasteiger partial charge in [0.1, 0.15) is 6.33 Å². The highest BCUT2D eigenvalue weighted by Gasteiger charge is 2.41. The van der Waals surface area contributed by atoms with Gasteiger partial charge >= 0.3 is 0 Å². The van der Waals surface area contributed by atoms with Crippen molar-refractivity contribution in [3.8, 4) is 11.1 Å². The number of nitrogens with one attached hydrogen (secondary N) is 1. The number of alkyl halides is 2. The largest absolute Gasteiger partial charge is 0.364 e. The van der Waals surface area contributed by atoms with E-state index in [9.17, 15) is 18.4 Å². The monoisotopic (exact) mass is 425 g/mol. The number of carbonyl (C=O) groups excluding carboxylic acids is 2. The van der Waals surface area contributed by atoms with Crippen molar-refractivity contribution in [2.45, 2.75) is 12.3 Å². The molecule has 0 saturated carbocycles. The topological polar surface area (TPSA) is 127 Å². The minimum atomic E-state index is -2.92. The highest BCUT2D eigenvalue weighted by Crippen LogP contribution is 2.35. The van der Waals surface area contributed by atoms with Gasteiger partial charge in [0.15, 0.2) is 5.69 Å². The second-order valence-electron chi connectivity index (χ2n) is 6.95. The van der Waals surface area contributed by atoms with Gasteiger partial charge in [-0.25, -0.2) is 23.7 Å². The summed E-state index contributed by atoms with van der Waals surface area (Å²) < 4.78 is 27.3. The zero-order chi connectivity index (χ0) is 22.0. The molecule has 0 atom stereocenters. The molecule has 0 radical (unpaired) electrons. The molecule has 158 valence electrons. The number of rotatable bonds is 5. The third kappa shape index (κ3) is 4.15. The first-order valence-corrected chi connectivity index (χ1v) is 9.28. The first kappa shape index (κ1) is 20.3. The normalized spacial score (nSPS) is 15.0. The lowest BCUT2D eigenvalue weighted by atomic mass is 9.99. The second kappa shape index (κ2) is 8.01. The molecule has 0 bridgehead atoms. The van der Waals surface area contributed by atoms with Crippen LogP contribution in [0.4, 0.5) is 20.2 Å². The van der Waals surface area contributed by atoms with E-state index in [1.165, 1.54) is 43.4 Å². The van der Waals surface area contributed by atoms with E-state index in [1.54, 1.807) is 6.07 Å². The number of nitrogens with zero attached hydrogens (tertiary/aromatic N) is 5. The molecule has 1 fully saturated rings. The van der Waals surface area contributed by atoms with Gasteiger partial charge in [-0.15, -0.1) is 0 Å². The Balaban J connectivity index is 1.81. The maximum Gasteiger partial charge on any atom is 0.269 e. The Kier molecular flexibility index (Phi) is 5.24. The van der Waals surface area contributed by atoms with Gasteiger partial charge in [-0.05, 0) is 12.1 Å². The van der Waals surface area contributed by atoms with Crippen LogP contribution in [0.5, 0.6) is 0 Å². The van der Waals surface area contributed by atoms with Gasteiger partial charge in [0, 0.05) is 42.7 Å². The standard InChI is InChI=1S/C20H17F2N7O2/c21-20(22)3-6-29(10-20)19(31)14-1-4-24-9-15(14)13-2-5-27-17(18(23)30)16(13)28-12-7-25-11-26-8-12/h1-2,4-5,7-9,11,28H,3,6,10H2,(H2,23,30). The summed E-state index contributed by atoms with van der Waals surface area (Å²) in [6.07, 6.45) is 8.11. The van der Waals surface area contributed by atoms with Crippen molar-refractivity contribution in [2.75, 3.05) is 18.4 Å². The van der Waals surface area contributed by atoms with Crippen molar-refractivity contribution >= 4 is 23.2 Å². The summed E-state index contributed by atoms with van der Waals surface area (Å²) in [6, 6.07) is 3.03. The predicted molar refractivity (Wildman–Crippen MR) is 107 cm³/mol. The lowest BCUT2D eigenvalue weighted by Crippen LogP contribution is -2.31. The molecule has 3 aromatic rings. The fourth-order valence-corrected chi connectivity index (χ4v) is 3.38. The SMILES string of the molecule is NC(=O)c1nccc(-c2cnccc2C(=O)N2CCC(F)(F)C2)c1Nc1cncnc1. The van der Waals surface area contributed by atoms with E-state index in [0.29, 0.717) is 16.8 Å². The van der Waals surface area contributed by atoms with Crippen LogP contribution in [0.3, 0.4) is 0 Å². The molecule has 2 amide bonds. The van der Waals surface area contributed by atoms with Gasteiger partial charge in [0.2, 0.25) is 0 Å². The molecule has 0 spiro atoms. The molecular weight excluding hydrogens is 408 g/mol. The summed E-state index contributed by atoms with van der Waals surface area (Å²) >= 11 is 0. The zero-order valence-corrected chi connectivity index (χ0v) is 16.1. The van der Waals surface area contributed by atoms with E-state index < -0.39 is 24.3 Å². The van der Waals surface area contributed by atoms with Gasteiger partial charge in [0.05, 0.1) is 35.9 Å². The number of amides is 2. The number of aromatic nitrogens is 4. The Labute approximate surface area is 175 Å². The van der Waals surface area contributed by atoms with Gasteiger partial charge in [-0.3, -0.25) is 14.6 Å². The Morgan fingerprint density at radius 3 is 2.52 bits per heavy atom. The van der Waals surface area contributed by atoms with E-state index >= 15 is 0 Å². The Morgan fingerprint density at radius 2 is 1.84 bits per heavy atom. The summed E-state index contributed by atoms with van der Waals surface area (Å²) in [6.45, 7) is -0.703. The molecule has 9 nitrogen and oxygen atoms in total. The minimum Gasteiger partial charge on any atom is -0.364 e. The number of nitrogens with two attached hydrogens (primary N) is 1. The van der Waals surface area contributed by atoms with Gasteiger partial charge in [0.25, 0.3) is 17.7 Å². The molecule has 1 aliphatic heterocycles. The predicted octanol–water partition coefficient (Wildman–Crippen LogP) is 2.26. The number of likely N-dealkylation sites (tertiary alicyclic amines) is 1. The third-order valence-corrected chi connectivity index (χ3v) is 4.81. The number of carbonyl (C=O) groups is 2. The number of hydrogen-bond donors (Lipinski definition) is 2. The first-order chi connectivity index (χ1) is 14.9. The molecule has 3 aromatic heterocycles. The Bertz CT molecular complexity index is 1140. The number of primary amides is 1. The first-order valence-electron chi connectivity index (χ1n) is 9.28. The highest BCUT2D eigenvalue weighted by atomic mass is 19.3. The highest BCUT2D eigenvalue weighted by molar-refractivity contribution is 6.06. The van der Waals surface area contributed by atoms with E-state index in [1.807, 2.05) is 0 Å². The Morgan fingerprint density at radius 1 is 1.06 bits per heavy atom. The molecule has 0 aliphatic carbocycles. The van der Waals surface area contributed by atoms with Crippen molar-refractivity contribution in [2.24, 2.45) is 5.73 Å². The molecule has 4 rings (SSSR count). The van der Waals surface area contributed by atoms with Crippen LogP contribution in [0.1, 0.15) is 27.3 Å². The van der Waals surface area contributed by atoms with Crippen LogP contribution in [0.2, 0.25) is 0 Å². The van der Waals surface area contributed by atoms with E-state index in [2.05, 4.69) is 25.3 Å². The maximum absolute atomic E-state index is 13.7. The van der Waals surface area contributed by atoms with Crippen LogP contribution < -0.4 is 11.1 Å². The zero-order valence-electron chi connectivity index (χ0n) is 16.1. The molecular formula is C20H17F2N7O2. The van der Waals surface area contributed by atoms with Gasteiger partial charge < -0.3 is 16.0 Å². The fourth-order valence-electron chi connectivity index (χ4n) is 3.38. The second-order valence-corrected chi connectivity index (χ2v) is 6.95. The molecule has 1 aliphatic rings. The summed E-state index contributed by atoms with van der Waals surface area (Å²) in [5.74, 6) is -4.27. The van der Waals surface area contributed by atoms with Crippen molar-refractivity contribution in [3.05, 3.63) is 60.7 Å². The van der Waals surface area contributed by atoms with E-state index in [-0.39, 0.29) is 29.9 Å². The van der Waals surface area contributed by atoms with Crippen LogP contribution >= 0.6 is 0 Å². The van der Waals surface area contributed by atoms with E-state index in [4.69, 9.17) is 5.73 Å². The van der Waals surface area contributed by atoms with Crippen LogP contribution in [-0.2, 0) is 0 Å².